The Balaban J connectivity index is 0.00000401. The Hall–Kier alpha value is -5.55. The molecule has 3 aliphatic rings. The summed E-state index contributed by atoms with van der Waals surface area (Å²) < 4.78 is 0. The van der Waals surface area contributed by atoms with Crippen LogP contribution >= 0.6 is 12.4 Å². The summed E-state index contributed by atoms with van der Waals surface area (Å²) >= 11 is 0. The van der Waals surface area contributed by atoms with Crippen LogP contribution in [0.3, 0.4) is 0 Å². The van der Waals surface area contributed by atoms with Crippen molar-refractivity contribution in [3.05, 3.63) is 120 Å². The van der Waals surface area contributed by atoms with E-state index >= 15 is 0 Å². The van der Waals surface area contributed by atoms with Gasteiger partial charge in [0.05, 0.1) is 35.0 Å². The van der Waals surface area contributed by atoms with Gasteiger partial charge in [-0.3, -0.25) is 29.1 Å². The zero-order chi connectivity index (χ0) is 32.5. The molecule has 0 bridgehead atoms. The predicted octanol–water partition coefficient (Wildman–Crippen LogP) is 5.17. The number of urea groups is 1. The van der Waals surface area contributed by atoms with E-state index in [1.807, 2.05) is 48.5 Å². The van der Waals surface area contributed by atoms with Crippen molar-refractivity contribution in [1.82, 2.24) is 15.2 Å². The lowest BCUT2D eigenvalue weighted by molar-refractivity contribution is -0.123. The highest BCUT2D eigenvalue weighted by Crippen LogP contribution is 2.43. The molecule has 2 unspecified atom stereocenters. The summed E-state index contributed by atoms with van der Waals surface area (Å²) in [6.45, 7) is 0.208. The fourth-order valence-corrected chi connectivity index (χ4v) is 6.74. The fraction of sp³-hybridized carbons (Fsp3) is 0.222. The minimum absolute atomic E-state index is 0. The van der Waals surface area contributed by atoms with Crippen LogP contribution in [0.5, 0.6) is 0 Å². The third kappa shape index (κ3) is 6.12. The fourth-order valence-electron chi connectivity index (χ4n) is 6.74. The van der Waals surface area contributed by atoms with Gasteiger partial charge >= 0.3 is 6.03 Å². The van der Waals surface area contributed by atoms with Crippen LogP contribution < -0.4 is 20.4 Å². The molecule has 1 saturated carbocycles. The van der Waals surface area contributed by atoms with Gasteiger partial charge in [-0.15, -0.1) is 12.4 Å². The Morgan fingerprint density at radius 2 is 1.40 bits per heavy atom. The number of fused-ring (bicyclic) bond motifs is 3. The molecule has 2 N–H and O–H groups in total. The topological polar surface area (TPSA) is 132 Å². The molecule has 4 aromatic rings. The molecule has 3 heterocycles. The maximum atomic E-state index is 14.2. The molecule has 0 saturated heterocycles. The molecule has 0 spiro atoms. The van der Waals surface area contributed by atoms with E-state index < -0.39 is 36.2 Å². The third-order valence-electron chi connectivity index (χ3n) is 9.02. The SMILES string of the molecule is Cl.O=C(NCc1ccncc1)Nc1ccc(CN2C(=O)C3CCCC3N(C(=O)CN3C(=O)c4ccccc4C3=O)c3ccccc32)cc1. The molecule has 0 radical (unpaired) electrons. The number of carbonyl (C=O) groups is 5. The molecule has 11 nitrogen and oxygen atoms in total. The van der Waals surface area contributed by atoms with Crippen LogP contribution in [-0.4, -0.2) is 52.1 Å². The van der Waals surface area contributed by atoms with Gasteiger partial charge in [-0.25, -0.2) is 4.79 Å². The number of amides is 6. The largest absolute Gasteiger partial charge is 0.334 e. The summed E-state index contributed by atoms with van der Waals surface area (Å²) in [5, 5.41) is 5.64. The van der Waals surface area contributed by atoms with Crippen molar-refractivity contribution in [3.63, 3.8) is 0 Å². The highest BCUT2D eigenvalue weighted by molar-refractivity contribution is 6.23. The first kappa shape index (κ1) is 32.4. The van der Waals surface area contributed by atoms with E-state index in [-0.39, 0.29) is 42.0 Å². The number of hydrogen-bond acceptors (Lipinski definition) is 6. The van der Waals surface area contributed by atoms with Crippen LogP contribution in [0.15, 0.2) is 97.3 Å². The van der Waals surface area contributed by atoms with Gasteiger partial charge in [0.1, 0.15) is 6.54 Å². The van der Waals surface area contributed by atoms with Crippen molar-refractivity contribution in [2.75, 3.05) is 21.7 Å². The van der Waals surface area contributed by atoms with Gasteiger partial charge in [0.2, 0.25) is 11.8 Å². The Labute approximate surface area is 283 Å². The first-order chi connectivity index (χ1) is 22.9. The van der Waals surface area contributed by atoms with Crippen LogP contribution in [0.4, 0.5) is 21.9 Å². The van der Waals surface area contributed by atoms with Gasteiger partial charge in [0.25, 0.3) is 11.8 Å². The zero-order valence-electron chi connectivity index (χ0n) is 25.9. The summed E-state index contributed by atoms with van der Waals surface area (Å²) in [5.41, 5.74) is 4.10. The van der Waals surface area contributed by atoms with Crippen molar-refractivity contribution in [2.24, 2.45) is 5.92 Å². The lowest BCUT2D eigenvalue weighted by Crippen LogP contribution is -2.49. The Bertz CT molecular complexity index is 1850. The predicted molar refractivity (Wildman–Crippen MR) is 182 cm³/mol. The van der Waals surface area contributed by atoms with Gasteiger partial charge in [0, 0.05) is 30.7 Å². The maximum absolute atomic E-state index is 14.2. The van der Waals surface area contributed by atoms with E-state index in [1.54, 1.807) is 58.6 Å². The number of benzene rings is 3. The minimum atomic E-state index is -0.494. The quantitative estimate of drug-likeness (QED) is 0.262. The average Bonchev–Trinajstić information content (AvgIpc) is 3.64. The second-order valence-corrected chi connectivity index (χ2v) is 11.9. The lowest BCUT2D eigenvalue weighted by Gasteiger charge is -2.31. The Morgan fingerprint density at radius 1 is 0.750 bits per heavy atom. The normalized spacial score (nSPS) is 18.0. The van der Waals surface area contributed by atoms with Gasteiger partial charge in [0.15, 0.2) is 0 Å². The number of pyridine rings is 1. The van der Waals surface area contributed by atoms with Gasteiger partial charge in [-0.2, -0.15) is 0 Å². The summed E-state index contributed by atoms with van der Waals surface area (Å²) in [6, 6.07) is 24.0. The van der Waals surface area contributed by atoms with E-state index in [0.29, 0.717) is 36.4 Å². The molecule has 1 aliphatic carbocycles. The molecule has 1 fully saturated rings. The van der Waals surface area contributed by atoms with Crippen LogP contribution in [0.1, 0.15) is 51.1 Å². The van der Waals surface area contributed by atoms with Crippen molar-refractivity contribution in [3.8, 4) is 0 Å². The van der Waals surface area contributed by atoms with E-state index in [1.165, 1.54) is 0 Å². The van der Waals surface area contributed by atoms with Crippen molar-refractivity contribution in [2.45, 2.75) is 38.4 Å². The second kappa shape index (κ2) is 13.7. The Morgan fingerprint density at radius 3 is 2.08 bits per heavy atom. The van der Waals surface area contributed by atoms with Crippen LogP contribution in [0, 0.1) is 5.92 Å². The summed E-state index contributed by atoms with van der Waals surface area (Å²) in [5.74, 6) is -1.90. The number of hydrogen-bond donors (Lipinski definition) is 2. The molecule has 7 rings (SSSR count). The number of carbonyl (C=O) groups excluding carboxylic acids is 5. The van der Waals surface area contributed by atoms with Crippen LogP contribution in [0.2, 0.25) is 0 Å². The number of halogens is 1. The van der Waals surface area contributed by atoms with Crippen molar-refractivity contribution < 1.29 is 24.0 Å². The minimum Gasteiger partial charge on any atom is -0.334 e. The number of imide groups is 1. The Kier molecular flexibility index (Phi) is 9.22. The van der Waals surface area contributed by atoms with Crippen LogP contribution in [-0.2, 0) is 22.7 Å². The van der Waals surface area contributed by atoms with E-state index in [2.05, 4.69) is 15.6 Å². The number of nitrogens with one attached hydrogen (secondary N) is 2. The molecule has 244 valence electrons. The summed E-state index contributed by atoms with van der Waals surface area (Å²) in [7, 11) is 0. The molecule has 48 heavy (non-hydrogen) atoms. The van der Waals surface area contributed by atoms with Crippen molar-refractivity contribution >= 4 is 59.1 Å². The number of rotatable bonds is 7. The van der Waals surface area contributed by atoms with Crippen molar-refractivity contribution in [1.29, 1.82) is 0 Å². The molecule has 12 heteroatoms. The lowest BCUT2D eigenvalue weighted by atomic mass is 10.0. The molecular formula is C36H33ClN6O5. The monoisotopic (exact) mass is 664 g/mol. The van der Waals surface area contributed by atoms with Gasteiger partial charge in [-0.1, -0.05) is 42.8 Å². The number of para-hydroxylation sites is 2. The molecular weight excluding hydrogens is 632 g/mol. The summed E-state index contributed by atoms with van der Waals surface area (Å²) in [6.07, 6.45) is 5.37. The van der Waals surface area contributed by atoms with Gasteiger partial charge < -0.3 is 20.4 Å². The van der Waals surface area contributed by atoms with E-state index in [9.17, 15) is 24.0 Å². The number of nitrogens with zero attached hydrogens (tertiary/aromatic N) is 4. The third-order valence-corrected chi connectivity index (χ3v) is 9.02. The molecule has 6 amide bonds. The maximum Gasteiger partial charge on any atom is 0.319 e. The van der Waals surface area contributed by atoms with E-state index in [4.69, 9.17) is 0 Å². The first-order valence-electron chi connectivity index (χ1n) is 15.6. The van der Waals surface area contributed by atoms with E-state index in [0.717, 1.165) is 22.4 Å². The van der Waals surface area contributed by atoms with Crippen LogP contribution in [0.25, 0.3) is 0 Å². The highest BCUT2D eigenvalue weighted by atomic mass is 35.5. The van der Waals surface area contributed by atoms with Gasteiger partial charge in [-0.05, 0) is 72.5 Å². The summed E-state index contributed by atoms with van der Waals surface area (Å²) in [4.78, 5) is 75.2. The second-order valence-electron chi connectivity index (χ2n) is 11.9. The highest BCUT2D eigenvalue weighted by Gasteiger charge is 2.47. The number of aromatic nitrogens is 1. The molecule has 3 aromatic carbocycles. The standard InChI is InChI=1S/C36H32N6O5.ClH/c43-32(22-41-33(44)26-6-1-2-7-27(26)34(41)45)42-29-11-5-8-28(29)35(46)40(30-9-3-4-10-31(30)42)21-24-12-14-25(15-13-24)39-36(47)38-20-23-16-18-37-19-17-23;/h1-4,6-7,9-10,12-19,28-29H,5,8,11,20-22H2,(H2,38,39,47);1H. The average molecular weight is 665 g/mol. The molecule has 1 aromatic heterocycles. The molecule has 2 aliphatic heterocycles. The smallest absolute Gasteiger partial charge is 0.319 e. The zero-order valence-corrected chi connectivity index (χ0v) is 26.7. The molecule has 2 atom stereocenters. The first-order valence-corrected chi connectivity index (χ1v) is 15.6. The number of anilines is 3.